The first-order chi connectivity index (χ1) is 15.4. The Balaban J connectivity index is 1.67. The largest absolute Gasteiger partial charge is 0.497 e. The van der Waals surface area contributed by atoms with Gasteiger partial charge in [-0.3, -0.25) is 20.0 Å². The Labute approximate surface area is 196 Å². The summed E-state index contributed by atoms with van der Waals surface area (Å²) in [6.07, 6.45) is 1.27. The number of Topliss-reactive ketones (excluding diaryl/α,β-unsaturated/α-hetero) is 1. The van der Waals surface area contributed by atoms with Crippen molar-refractivity contribution in [2.75, 3.05) is 25.2 Å². The lowest BCUT2D eigenvalue weighted by molar-refractivity contribution is -0.126. The van der Waals surface area contributed by atoms with Crippen molar-refractivity contribution in [3.05, 3.63) is 58.1 Å². The molecule has 9 heteroatoms. The molecule has 0 radical (unpaired) electrons. The minimum atomic E-state index is -0.321. The number of hydrazone groups is 1. The van der Waals surface area contributed by atoms with E-state index >= 15 is 0 Å². The maximum Gasteiger partial charge on any atom is 0.282 e. The van der Waals surface area contributed by atoms with Crippen LogP contribution in [0.4, 0.5) is 5.69 Å². The van der Waals surface area contributed by atoms with Crippen molar-refractivity contribution in [2.24, 2.45) is 11.0 Å². The zero-order valence-corrected chi connectivity index (χ0v) is 19.4. The van der Waals surface area contributed by atoms with Gasteiger partial charge in [0.2, 0.25) is 0 Å². The number of ketones is 1. The van der Waals surface area contributed by atoms with Crippen LogP contribution in [0.2, 0.25) is 10.0 Å². The third-order valence-electron chi connectivity index (χ3n) is 5.74. The van der Waals surface area contributed by atoms with Gasteiger partial charge in [-0.15, -0.1) is 0 Å². The third kappa shape index (κ3) is 4.60. The van der Waals surface area contributed by atoms with Crippen LogP contribution in [0.1, 0.15) is 31.4 Å². The first kappa shape index (κ1) is 22.6. The molecule has 2 aromatic rings. The van der Waals surface area contributed by atoms with Crippen molar-refractivity contribution in [3.8, 4) is 5.75 Å². The van der Waals surface area contributed by atoms with Gasteiger partial charge in [-0.05, 0) is 42.3 Å². The molecule has 32 heavy (non-hydrogen) atoms. The smallest absolute Gasteiger partial charge is 0.282 e. The SMILES string of the molecule is COc1ccc(C2C(C)C(C(=O)NN3CCCC(=O)C3)=NN2c2ccc(Cl)cc2Cl)cc1. The van der Waals surface area contributed by atoms with Gasteiger partial charge < -0.3 is 4.74 Å². The summed E-state index contributed by atoms with van der Waals surface area (Å²) in [4.78, 5) is 24.9. The second-order valence-corrected chi connectivity index (χ2v) is 8.78. The Morgan fingerprint density at radius 3 is 2.59 bits per heavy atom. The van der Waals surface area contributed by atoms with E-state index in [4.69, 9.17) is 27.9 Å². The van der Waals surface area contributed by atoms with Crippen LogP contribution >= 0.6 is 23.2 Å². The minimum Gasteiger partial charge on any atom is -0.497 e. The number of piperidine rings is 1. The number of hydrazine groups is 1. The van der Waals surface area contributed by atoms with E-state index in [1.165, 1.54) is 0 Å². The molecule has 2 unspecified atom stereocenters. The topological polar surface area (TPSA) is 74.2 Å². The van der Waals surface area contributed by atoms with E-state index in [1.54, 1.807) is 35.3 Å². The summed E-state index contributed by atoms with van der Waals surface area (Å²) in [7, 11) is 1.61. The van der Waals surface area contributed by atoms with Crippen LogP contribution in [0.15, 0.2) is 47.6 Å². The van der Waals surface area contributed by atoms with Crippen LogP contribution in [-0.4, -0.2) is 42.6 Å². The summed E-state index contributed by atoms with van der Waals surface area (Å²) < 4.78 is 5.28. The molecule has 0 bridgehead atoms. The van der Waals surface area contributed by atoms with Crippen molar-refractivity contribution in [3.63, 3.8) is 0 Å². The highest BCUT2D eigenvalue weighted by Crippen LogP contribution is 2.42. The molecule has 7 nitrogen and oxygen atoms in total. The van der Waals surface area contributed by atoms with E-state index in [-0.39, 0.29) is 30.2 Å². The molecule has 1 N–H and O–H groups in total. The Kier molecular flexibility index (Phi) is 6.69. The van der Waals surface area contributed by atoms with Crippen molar-refractivity contribution >= 4 is 46.3 Å². The number of hydrogen-bond donors (Lipinski definition) is 1. The quantitative estimate of drug-likeness (QED) is 0.700. The van der Waals surface area contributed by atoms with Gasteiger partial charge >= 0.3 is 0 Å². The van der Waals surface area contributed by atoms with Crippen molar-refractivity contribution < 1.29 is 14.3 Å². The predicted molar refractivity (Wildman–Crippen MR) is 125 cm³/mol. The molecule has 2 heterocycles. The zero-order chi connectivity index (χ0) is 22.8. The number of ether oxygens (including phenoxy) is 1. The van der Waals surface area contributed by atoms with Crippen LogP contribution in [0.3, 0.4) is 0 Å². The lowest BCUT2D eigenvalue weighted by Crippen LogP contribution is -2.50. The number of anilines is 1. The molecule has 168 valence electrons. The molecular weight excluding hydrogens is 451 g/mol. The molecule has 2 aromatic carbocycles. The Morgan fingerprint density at radius 2 is 1.94 bits per heavy atom. The first-order valence-corrected chi connectivity index (χ1v) is 11.2. The number of amides is 1. The maximum absolute atomic E-state index is 13.1. The van der Waals surface area contributed by atoms with E-state index < -0.39 is 0 Å². The van der Waals surface area contributed by atoms with Crippen molar-refractivity contribution in [1.82, 2.24) is 10.4 Å². The second-order valence-electron chi connectivity index (χ2n) is 7.94. The number of carbonyl (C=O) groups excluding carboxylic acids is 2. The van der Waals surface area contributed by atoms with Crippen LogP contribution in [0, 0.1) is 5.92 Å². The van der Waals surface area contributed by atoms with Gasteiger partial charge in [0.05, 0.1) is 30.4 Å². The summed E-state index contributed by atoms with van der Waals surface area (Å²) in [5.74, 6) is 0.293. The number of nitrogens with zero attached hydrogens (tertiary/aromatic N) is 3. The lowest BCUT2D eigenvalue weighted by atomic mass is 9.91. The zero-order valence-electron chi connectivity index (χ0n) is 17.8. The summed E-state index contributed by atoms with van der Waals surface area (Å²) in [5, 5.41) is 9.06. The molecule has 1 fully saturated rings. The molecular formula is C23H24Cl2N4O3. The molecule has 4 rings (SSSR count). The van der Waals surface area contributed by atoms with Crippen LogP contribution in [0.5, 0.6) is 5.75 Å². The van der Waals surface area contributed by atoms with Gasteiger partial charge in [-0.1, -0.05) is 42.3 Å². The van der Waals surface area contributed by atoms with E-state index in [0.29, 0.717) is 34.4 Å². The van der Waals surface area contributed by atoms with Gasteiger partial charge in [0.15, 0.2) is 0 Å². The van der Waals surface area contributed by atoms with Crippen molar-refractivity contribution in [2.45, 2.75) is 25.8 Å². The van der Waals surface area contributed by atoms with E-state index in [0.717, 1.165) is 17.7 Å². The summed E-state index contributed by atoms with van der Waals surface area (Å²) in [5.41, 5.74) is 4.83. The van der Waals surface area contributed by atoms with Crippen LogP contribution in [-0.2, 0) is 9.59 Å². The second kappa shape index (κ2) is 9.48. The lowest BCUT2D eigenvalue weighted by Gasteiger charge is -2.28. The summed E-state index contributed by atoms with van der Waals surface area (Å²) in [6.45, 7) is 2.80. The highest BCUT2D eigenvalue weighted by atomic mass is 35.5. The van der Waals surface area contributed by atoms with E-state index in [9.17, 15) is 9.59 Å². The van der Waals surface area contributed by atoms with Gasteiger partial charge in [0, 0.05) is 23.9 Å². The number of carbonyl (C=O) groups is 2. The van der Waals surface area contributed by atoms with Gasteiger partial charge in [-0.2, -0.15) is 5.10 Å². The van der Waals surface area contributed by atoms with Gasteiger partial charge in [0.25, 0.3) is 5.91 Å². The highest BCUT2D eigenvalue weighted by molar-refractivity contribution is 6.41. The summed E-state index contributed by atoms with van der Waals surface area (Å²) in [6, 6.07) is 12.6. The molecule has 1 amide bonds. The van der Waals surface area contributed by atoms with Gasteiger partial charge in [-0.25, -0.2) is 5.01 Å². The number of benzene rings is 2. The fraction of sp³-hybridized carbons (Fsp3) is 0.348. The Bertz CT molecular complexity index is 1060. The number of nitrogens with one attached hydrogen (secondary N) is 1. The molecule has 0 spiro atoms. The molecule has 0 saturated carbocycles. The fourth-order valence-corrected chi connectivity index (χ4v) is 4.61. The van der Waals surface area contributed by atoms with Gasteiger partial charge in [0.1, 0.15) is 17.2 Å². The molecule has 0 aromatic heterocycles. The summed E-state index contributed by atoms with van der Waals surface area (Å²) >= 11 is 12.6. The van der Waals surface area contributed by atoms with E-state index in [1.807, 2.05) is 31.2 Å². The standard InChI is InChI=1S/C23H24Cl2N4O3/c1-14-21(23(31)27-28-11-3-4-17(30)13-28)26-29(20-10-7-16(24)12-19(20)25)22(14)15-5-8-18(32-2)9-6-15/h5-10,12,14,22H,3-4,11,13H2,1-2H3,(H,27,31). The maximum atomic E-state index is 13.1. The molecule has 1 saturated heterocycles. The predicted octanol–water partition coefficient (Wildman–Crippen LogP) is 4.25. The molecule has 2 aliphatic rings. The Morgan fingerprint density at radius 1 is 1.19 bits per heavy atom. The number of halogens is 2. The number of hydrogen-bond acceptors (Lipinski definition) is 6. The number of rotatable bonds is 5. The third-order valence-corrected chi connectivity index (χ3v) is 6.28. The normalized spacial score (nSPS) is 21.4. The van der Waals surface area contributed by atoms with E-state index in [2.05, 4.69) is 10.5 Å². The average molecular weight is 475 g/mol. The fourth-order valence-electron chi connectivity index (χ4n) is 4.12. The highest BCUT2D eigenvalue weighted by Gasteiger charge is 2.40. The number of methoxy groups -OCH3 is 1. The van der Waals surface area contributed by atoms with Crippen LogP contribution in [0.25, 0.3) is 0 Å². The first-order valence-electron chi connectivity index (χ1n) is 10.4. The minimum absolute atomic E-state index is 0.114. The monoisotopic (exact) mass is 474 g/mol. The average Bonchev–Trinajstić information content (AvgIpc) is 3.10. The Hall–Kier alpha value is -2.61. The van der Waals surface area contributed by atoms with Crippen molar-refractivity contribution in [1.29, 1.82) is 0 Å². The molecule has 2 atom stereocenters. The molecule has 0 aliphatic carbocycles. The van der Waals surface area contributed by atoms with Crippen LogP contribution < -0.4 is 15.2 Å². The molecule has 2 aliphatic heterocycles.